The van der Waals surface area contributed by atoms with Crippen molar-refractivity contribution < 1.29 is 9.18 Å². The molecule has 1 fully saturated rings. The average Bonchev–Trinajstić information content (AvgIpc) is 2.60. The molecule has 26 heavy (non-hydrogen) atoms. The molecule has 2 aromatic carbocycles. The lowest BCUT2D eigenvalue weighted by atomic mass is 9.85. The Bertz CT molecular complexity index is 715. The van der Waals surface area contributed by atoms with Gasteiger partial charge in [-0.3, -0.25) is 9.69 Å². The van der Waals surface area contributed by atoms with Crippen LogP contribution in [0, 0.1) is 11.7 Å². The van der Waals surface area contributed by atoms with Gasteiger partial charge in [-0.05, 0) is 30.4 Å². The molecule has 0 aromatic heterocycles. The minimum Gasteiger partial charge on any atom is -0.340 e. The number of hydrogen-bond donors (Lipinski definition) is 0. The molecule has 1 aliphatic rings. The number of hydrogen-bond acceptors (Lipinski definition) is 2. The molecule has 3 rings (SSSR count). The molecule has 0 unspecified atom stereocenters. The molecule has 4 heteroatoms. The highest BCUT2D eigenvalue weighted by molar-refractivity contribution is 5.78. The van der Waals surface area contributed by atoms with Crippen molar-refractivity contribution in [1.29, 1.82) is 0 Å². The highest BCUT2D eigenvalue weighted by Crippen LogP contribution is 2.27. The molecule has 0 aliphatic heterocycles. The molecule has 1 aliphatic carbocycles. The summed E-state index contributed by atoms with van der Waals surface area (Å²) in [4.78, 5) is 16.6. The quantitative estimate of drug-likeness (QED) is 0.713. The Morgan fingerprint density at radius 2 is 1.73 bits per heavy atom. The van der Waals surface area contributed by atoms with Gasteiger partial charge in [0, 0.05) is 32.2 Å². The van der Waals surface area contributed by atoms with Crippen LogP contribution in [-0.4, -0.2) is 35.8 Å². The summed E-state index contributed by atoms with van der Waals surface area (Å²) in [6, 6.07) is 16.9. The van der Waals surface area contributed by atoms with E-state index in [1.54, 1.807) is 30.1 Å². The molecule has 0 radical (unpaired) electrons. The van der Waals surface area contributed by atoms with Crippen LogP contribution < -0.4 is 0 Å². The third-order valence-electron chi connectivity index (χ3n) is 5.14. The third kappa shape index (κ3) is 5.15. The summed E-state index contributed by atoms with van der Waals surface area (Å²) in [6.45, 7) is 2.40. The molecule has 0 atom stereocenters. The van der Waals surface area contributed by atoms with Crippen LogP contribution in [0.25, 0.3) is 0 Å². The van der Waals surface area contributed by atoms with Crippen LogP contribution in [-0.2, 0) is 17.9 Å². The number of benzene rings is 2. The number of nitrogens with zero attached hydrogens (tertiary/aromatic N) is 2. The van der Waals surface area contributed by atoms with Crippen molar-refractivity contribution in [1.82, 2.24) is 9.80 Å². The monoisotopic (exact) mass is 354 g/mol. The predicted molar refractivity (Wildman–Crippen MR) is 102 cm³/mol. The minimum absolute atomic E-state index is 0.0310. The molecule has 0 bridgehead atoms. The van der Waals surface area contributed by atoms with Gasteiger partial charge >= 0.3 is 0 Å². The lowest BCUT2D eigenvalue weighted by Crippen LogP contribution is -2.41. The van der Waals surface area contributed by atoms with E-state index in [2.05, 4.69) is 17.0 Å². The lowest BCUT2D eigenvalue weighted by molar-refractivity contribution is -0.132. The zero-order chi connectivity index (χ0) is 18.4. The van der Waals surface area contributed by atoms with E-state index in [4.69, 9.17) is 0 Å². The van der Waals surface area contributed by atoms with Gasteiger partial charge in [-0.2, -0.15) is 0 Å². The fourth-order valence-electron chi connectivity index (χ4n) is 3.35. The van der Waals surface area contributed by atoms with E-state index in [9.17, 15) is 9.18 Å². The fourth-order valence-corrected chi connectivity index (χ4v) is 3.35. The Morgan fingerprint density at radius 1 is 1.04 bits per heavy atom. The Hall–Kier alpha value is -2.20. The number of carbonyl (C=O) groups is 1. The van der Waals surface area contributed by atoms with Gasteiger partial charge in [0.2, 0.25) is 5.91 Å². The first kappa shape index (κ1) is 18.6. The van der Waals surface area contributed by atoms with Gasteiger partial charge in [-0.25, -0.2) is 4.39 Å². The first-order chi connectivity index (χ1) is 12.6. The zero-order valence-electron chi connectivity index (χ0n) is 15.4. The second kappa shape index (κ2) is 8.95. The molecule has 2 aromatic rings. The van der Waals surface area contributed by atoms with Crippen LogP contribution in [0.15, 0.2) is 54.6 Å². The van der Waals surface area contributed by atoms with E-state index >= 15 is 0 Å². The highest BCUT2D eigenvalue weighted by Gasteiger charge is 2.23. The summed E-state index contributed by atoms with van der Waals surface area (Å²) in [6.07, 6.45) is 3.81. The fraction of sp³-hybridized carbons (Fsp3) is 0.409. The van der Waals surface area contributed by atoms with Crippen molar-refractivity contribution in [3.05, 3.63) is 71.5 Å². The van der Waals surface area contributed by atoms with Crippen molar-refractivity contribution in [2.75, 3.05) is 20.1 Å². The normalized spacial score (nSPS) is 14.3. The average molecular weight is 354 g/mol. The Labute approximate surface area is 155 Å². The zero-order valence-corrected chi connectivity index (χ0v) is 15.4. The molecule has 0 heterocycles. The SMILES string of the molecule is CN(Cc1ccccc1F)C(=O)CN(Cc1ccccc1)CC1CCC1. The van der Waals surface area contributed by atoms with Crippen molar-refractivity contribution in [2.45, 2.75) is 32.4 Å². The van der Waals surface area contributed by atoms with Gasteiger partial charge in [0.25, 0.3) is 0 Å². The molecule has 0 saturated heterocycles. The molecule has 0 N–H and O–H groups in total. The standard InChI is InChI=1S/C22H27FN2O/c1-24(16-20-12-5-6-13-21(20)23)22(26)17-25(15-19-10-7-11-19)14-18-8-3-2-4-9-18/h2-6,8-9,12-13,19H,7,10-11,14-17H2,1H3. The first-order valence-corrected chi connectivity index (χ1v) is 9.35. The van der Waals surface area contributed by atoms with E-state index in [1.807, 2.05) is 18.2 Å². The van der Waals surface area contributed by atoms with Crippen LogP contribution in [0.5, 0.6) is 0 Å². The van der Waals surface area contributed by atoms with E-state index in [1.165, 1.54) is 30.9 Å². The molecule has 0 spiro atoms. The topological polar surface area (TPSA) is 23.6 Å². The molecular formula is C22H27FN2O. The number of amides is 1. The van der Waals surface area contributed by atoms with Gasteiger partial charge in [0.15, 0.2) is 0 Å². The van der Waals surface area contributed by atoms with Gasteiger partial charge in [-0.1, -0.05) is 55.0 Å². The summed E-state index contributed by atoms with van der Waals surface area (Å²) in [7, 11) is 1.75. The van der Waals surface area contributed by atoms with Crippen molar-refractivity contribution in [3.63, 3.8) is 0 Å². The molecule has 1 amide bonds. The van der Waals surface area contributed by atoms with Crippen LogP contribution in [0.4, 0.5) is 4.39 Å². The number of likely N-dealkylation sites (N-methyl/N-ethyl adjacent to an activating group) is 1. The Morgan fingerprint density at radius 3 is 2.38 bits per heavy atom. The smallest absolute Gasteiger partial charge is 0.236 e. The Balaban J connectivity index is 1.60. The summed E-state index contributed by atoms with van der Waals surface area (Å²) in [5.41, 5.74) is 1.77. The van der Waals surface area contributed by atoms with E-state index in [0.29, 0.717) is 24.6 Å². The number of rotatable bonds is 8. The summed E-state index contributed by atoms with van der Waals surface area (Å²) in [5, 5.41) is 0. The second-order valence-corrected chi connectivity index (χ2v) is 7.29. The maximum absolute atomic E-state index is 13.8. The van der Waals surface area contributed by atoms with Crippen molar-refractivity contribution in [2.24, 2.45) is 5.92 Å². The Kier molecular flexibility index (Phi) is 6.40. The number of halogens is 1. The lowest BCUT2D eigenvalue weighted by Gasteiger charge is -2.33. The second-order valence-electron chi connectivity index (χ2n) is 7.29. The third-order valence-corrected chi connectivity index (χ3v) is 5.14. The summed E-state index contributed by atoms with van der Waals surface area (Å²) in [5.74, 6) is 0.467. The summed E-state index contributed by atoms with van der Waals surface area (Å²) >= 11 is 0. The molecule has 1 saturated carbocycles. The van der Waals surface area contributed by atoms with Crippen LogP contribution in [0.3, 0.4) is 0 Å². The van der Waals surface area contributed by atoms with Gasteiger partial charge < -0.3 is 4.90 Å². The maximum Gasteiger partial charge on any atom is 0.236 e. The van der Waals surface area contributed by atoms with Crippen LogP contribution in [0.2, 0.25) is 0 Å². The minimum atomic E-state index is -0.261. The van der Waals surface area contributed by atoms with E-state index in [-0.39, 0.29) is 11.7 Å². The van der Waals surface area contributed by atoms with Crippen molar-refractivity contribution >= 4 is 5.91 Å². The summed E-state index contributed by atoms with van der Waals surface area (Å²) < 4.78 is 13.8. The molecule has 3 nitrogen and oxygen atoms in total. The maximum atomic E-state index is 13.8. The number of carbonyl (C=O) groups excluding carboxylic acids is 1. The largest absolute Gasteiger partial charge is 0.340 e. The van der Waals surface area contributed by atoms with E-state index in [0.717, 1.165) is 13.1 Å². The first-order valence-electron chi connectivity index (χ1n) is 9.35. The molecular weight excluding hydrogens is 327 g/mol. The van der Waals surface area contributed by atoms with E-state index < -0.39 is 0 Å². The van der Waals surface area contributed by atoms with Crippen molar-refractivity contribution in [3.8, 4) is 0 Å². The highest BCUT2D eigenvalue weighted by atomic mass is 19.1. The predicted octanol–water partition coefficient (Wildman–Crippen LogP) is 4.09. The van der Waals surface area contributed by atoms with Gasteiger partial charge in [0.05, 0.1) is 6.54 Å². The van der Waals surface area contributed by atoms with Gasteiger partial charge in [-0.15, -0.1) is 0 Å². The van der Waals surface area contributed by atoms with Crippen LogP contribution >= 0.6 is 0 Å². The molecule has 138 valence electrons. The van der Waals surface area contributed by atoms with Gasteiger partial charge in [0.1, 0.15) is 5.82 Å². The van der Waals surface area contributed by atoms with Crippen LogP contribution in [0.1, 0.15) is 30.4 Å².